The summed E-state index contributed by atoms with van der Waals surface area (Å²) in [7, 11) is 0. The number of carbonyl (C=O) groups excluding carboxylic acids is 1. The molecule has 0 spiro atoms. The molecular formula is C23H21N3O6. The van der Waals surface area contributed by atoms with Crippen LogP contribution in [0.4, 0.5) is 17.1 Å². The lowest BCUT2D eigenvalue weighted by Gasteiger charge is -2.25. The van der Waals surface area contributed by atoms with Gasteiger partial charge in [-0.3, -0.25) is 20.2 Å². The molecule has 0 fully saturated rings. The third-order valence-corrected chi connectivity index (χ3v) is 4.72. The number of rotatable bonds is 9. The lowest BCUT2D eigenvalue weighted by Crippen LogP contribution is -2.24. The second-order valence-corrected chi connectivity index (χ2v) is 6.93. The van der Waals surface area contributed by atoms with Gasteiger partial charge in [0.15, 0.2) is 5.69 Å². The minimum atomic E-state index is -0.858. The van der Waals surface area contributed by atoms with E-state index < -0.39 is 27.2 Å². The highest BCUT2D eigenvalue weighted by molar-refractivity contribution is 5.94. The first-order chi connectivity index (χ1) is 15.4. The summed E-state index contributed by atoms with van der Waals surface area (Å²) in [5.74, 6) is -0.858. The lowest BCUT2D eigenvalue weighted by atomic mass is 10.1. The summed E-state index contributed by atoms with van der Waals surface area (Å²) in [6.07, 6.45) is 0. The largest absolute Gasteiger partial charge is 0.462 e. The smallest absolute Gasteiger partial charge is 0.338 e. The molecular weight excluding hydrogens is 414 g/mol. The molecule has 164 valence electrons. The fourth-order valence-corrected chi connectivity index (χ4v) is 3.36. The van der Waals surface area contributed by atoms with Gasteiger partial charge >= 0.3 is 17.3 Å². The van der Waals surface area contributed by atoms with E-state index in [4.69, 9.17) is 4.74 Å². The average Bonchev–Trinajstić information content (AvgIpc) is 2.79. The minimum Gasteiger partial charge on any atom is -0.462 e. The van der Waals surface area contributed by atoms with Crippen molar-refractivity contribution in [2.75, 3.05) is 11.5 Å². The molecule has 3 rings (SSSR count). The topological polar surface area (TPSA) is 116 Å². The third kappa shape index (κ3) is 5.25. The van der Waals surface area contributed by atoms with Crippen molar-refractivity contribution in [2.45, 2.75) is 20.0 Å². The van der Waals surface area contributed by atoms with Gasteiger partial charge in [-0.1, -0.05) is 60.7 Å². The molecule has 9 heteroatoms. The maximum Gasteiger partial charge on any atom is 0.338 e. The molecule has 9 nitrogen and oxygen atoms in total. The Bertz CT molecular complexity index is 1040. The molecule has 3 aromatic carbocycles. The van der Waals surface area contributed by atoms with E-state index in [-0.39, 0.29) is 30.9 Å². The molecule has 0 N–H and O–H groups in total. The molecule has 0 aliphatic heterocycles. The Labute approximate surface area is 184 Å². The van der Waals surface area contributed by atoms with E-state index in [0.29, 0.717) is 0 Å². The van der Waals surface area contributed by atoms with Crippen LogP contribution in [0.3, 0.4) is 0 Å². The van der Waals surface area contributed by atoms with Crippen LogP contribution in [0.5, 0.6) is 0 Å². The van der Waals surface area contributed by atoms with Crippen molar-refractivity contribution >= 4 is 23.0 Å². The Hall–Kier alpha value is -4.27. The average molecular weight is 435 g/mol. The van der Waals surface area contributed by atoms with E-state index in [1.54, 1.807) is 11.8 Å². The molecule has 0 aliphatic rings. The van der Waals surface area contributed by atoms with Crippen LogP contribution >= 0.6 is 0 Å². The fraction of sp³-hybridized carbons (Fsp3) is 0.174. The van der Waals surface area contributed by atoms with Crippen molar-refractivity contribution in [3.8, 4) is 0 Å². The maximum absolute atomic E-state index is 12.2. The molecule has 0 saturated carbocycles. The number of nitro groups is 2. The second kappa shape index (κ2) is 10.2. The highest BCUT2D eigenvalue weighted by Gasteiger charge is 2.33. The van der Waals surface area contributed by atoms with Crippen LogP contribution in [0.1, 0.15) is 28.4 Å². The Morgan fingerprint density at radius 3 is 1.66 bits per heavy atom. The number of hydrogen-bond acceptors (Lipinski definition) is 7. The van der Waals surface area contributed by atoms with Gasteiger partial charge in [0.1, 0.15) is 0 Å². The normalized spacial score (nSPS) is 10.4. The van der Waals surface area contributed by atoms with Gasteiger partial charge in [-0.15, -0.1) is 0 Å². The first-order valence-electron chi connectivity index (χ1n) is 9.87. The van der Waals surface area contributed by atoms with E-state index in [1.165, 1.54) is 0 Å². The molecule has 0 saturated heterocycles. The molecule has 3 aromatic rings. The zero-order valence-electron chi connectivity index (χ0n) is 17.3. The van der Waals surface area contributed by atoms with Gasteiger partial charge in [0.25, 0.3) is 0 Å². The standard InChI is InChI=1S/C23H21N3O6/c1-2-32-23(27)19-13-20(25(28)29)22(21(14-19)26(30)31)24(15-17-9-5-3-6-10-17)16-18-11-7-4-8-12-18/h3-14H,2,15-16H2,1H3. The number of benzene rings is 3. The van der Waals surface area contributed by atoms with Crippen LogP contribution in [0.15, 0.2) is 72.8 Å². The second-order valence-electron chi connectivity index (χ2n) is 6.93. The Morgan fingerprint density at radius 1 is 0.844 bits per heavy atom. The van der Waals surface area contributed by atoms with Crippen LogP contribution < -0.4 is 4.90 Å². The monoisotopic (exact) mass is 435 g/mol. The summed E-state index contributed by atoms with van der Waals surface area (Å²) in [6.45, 7) is 2.00. The van der Waals surface area contributed by atoms with E-state index in [1.807, 2.05) is 60.7 Å². The van der Waals surface area contributed by atoms with Crippen LogP contribution in [-0.2, 0) is 17.8 Å². The number of nitrogens with zero attached hydrogens (tertiary/aromatic N) is 3. The molecule has 0 radical (unpaired) electrons. The van der Waals surface area contributed by atoms with Gasteiger partial charge in [-0.2, -0.15) is 0 Å². The molecule has 0 unspecified atom stereocenters. The molecule has 0 heterocycles. The van der Waals surface area contributed by atoms with Crippen LogP contribution in [0.2, 0.25) is 0 Å². The molecule has 32 heavy (non-hydrogen) atoms. The number of anilines is 1. The highest BCUT2D eigenvalue weighted by Crippen LogP contribution is 2.40. The zero-order chi connectivity index (χ0) is 23.1. The van der Waals surface area contributed by atoms with Crippen molar-refractivity contribution in [2.24, 2.45) is 0 Å². The van der Waals surface area contributed by atoms with Crippen molar-refractivity contribution in [1.82, 2.24) is 0 Å². The number of hydrogen-bond donors (Lipinski definition) is 0. The minimum absolute atomic E-state index is 0.0380. The summed E-state index contributed by atoms with van der Waals surface area (Å²) in [4.78, 5) is 36.2. The third-order valence-electron chi connectivity index (χ3n) is 4.72. The van der Waals surface area contributed by atoms with Gasteiger partial charge < -0.3 is 9.64 Å². The lowest BCUT2D eigenvalue weighted by molar-refractivity contribution is -0.392. The van der Waals surface area contributed by atoms with Crippen molar-refractivity contribution in [3.63, 3.8) is 0 Å². The first kappa shape index (κ1) is 22.4. The molecule has 0 amide bonds. The predicted octanol–water partition coefficient (Wildman–Crippen LogP) is 4.89. The van der Waals surface area contributed by atoms with Crippen molar-refractivity contribution in [3.05, 3.63) is 110 Å². The summed E-state index contributed by atoms with van der Waals surface area (Å²) >= 11 is 0. The number of carbonyl (C=O) groups is 1. The van der Waals surface area contributed by atoms with E-state index in [0.717, 1.165) is 23.3 Å². The molecule has 0 aliphatic carbocycles. The summed E-state index contributed by atoms with van der Waals surface area (Å²) < 4.78 is 4.89. The van der Waals surface area contributed by atoms with E-state index >= 15 is 0 Å². The molecule has 0 atom stereocenters. The number of esters is 1. The zero-order valence-corrected chi connectivity index (χ0v) is 17.3. The number of nitro benzene ring substituents is 2. The first-order valence-corrected chi connectivity index (χ1v) is 9.87. The summed E-state index contributed by atoms with van der Waals surface area (Å²) in [6, 6.07) is 20.4. The van der Waals surface area contributed by atoms with Crippen molar-refractivity contribution < 1.29 is 19.4 Å². The maximum atomic E-state index is 12.2. The summed E-state index contributed by atoms with van der Waals surface area (Å²) in [5, 5.41) is 23.9. The van der Waals surface area contributed by atoms with Crippen LogP contribution in [-0.4, -0.2) is 22.4 Å². The Balaban J connectivity index is 2.19. The van der Waals surface area contributed by atoms with Crippen molar-refractivity contribution in [1.29, 1.82) is 0 Å². The molecule has 0 bridgehead atoms. The fourth-order valence-electron chi connectivity index (χ4n) is 3.36. The van der Waals surface area contributed by atoms with Crippen LogP contribution in [0, 0.1) is 20.2 Å². The quantitative estimate of drug-likeness (QED) is 0.267. The Kier molecular flexibility index (Phi) is 7.12. The Morgan fingerprint density at radius 2 is 1.28 bits per heavy atom. The van der Waals surface area contributed by atoms with Gasteiger partial charge in [0.05, 0.1) is 22.0 Å². The van der Waals surface area contributed by atoms with Gasteiger partial charge in [0, 0.05) is 25.2 Å². The van der Waals surface area contributed by atoms with Crippen LogP contribution in [0.25, 0.3) is 0 Å². The van der Waals surface area contributed by atoms with Gasteiger partial charge in [-0.25, -0.2) is 4.79 Å². The summed E-state index contributed by atoms with van der Waals surface area (Å²) in [5.41, 5.74) is 0.167. The van der Waals surface area contributed by atoms with E-state index in [9.17, 15) is 25.0 Å². The van der Waals surface area contributed by atoms with E-state index in [2.05, 4.69) is 0 Å². The van der Waals surface area contributed by atoms with Gasteiger partial charge in [0.2, 0.25) is 0 Å². The predicted molar refractivity (Wildman–Crippen MR) is 118 cm³/mol. The SMILES string of the molecule is CCOC(=O)c1cc([N+](=O)[O-])c(N(Cc2ccccc2)Cc2ccccc2)c([N+](=O)[O-])c1. The van der Waals surface area contributed by atoms with Gasteiger partial charge in [-0.05, 0) is 18.1 Å². The number of ether oxygens (including phenoxy) is 1. The molecule has 0 aromatic heterocycles. The highest BCUT2D eigenvalue weighted by atomic mass is 16.6.